The molecular formula is C7H10O4. The number of hydrogen-bond donors (Lipinski definition) is 0. The summed E-state index contributed by atoms with van der Waals surface area (Å²) in [6.45, 7) is 7.58. The van der Waals surface area contributed by atoms with Gasteiger partial charge in [0.25, 0.3) is 0 Å². The molecule has 0 saturated heterocycles. The number of rotatable bonds is 3. The van der Waals surface area contributed by atoms with E-state index in [0.29, 0.717) is 0 Å². The van der Waals surface area contributed by atoms with E-state index in [0.717, 1.165) is 0 Å². The molecule has 0 amide bonds. The van der Waals surface area contributed by atoms with Crippen LogP contribution in [0.4, 0.5) is 0 Å². The summed E-state index contributed by atoms with van der Waals surface area (Å²) in [5.41, 5.74) is 0. The minimum Gasteiger partial charge on any atom is -0.462 e. The number of hydrogen-bond acceptors (Lipinski definition) is 4. The van der Waals surface area contributed by atoms with Crippen LogP contribution in [-0.4, -0.2) is 24.6 Å². The van der Waals surface area contributed by atoms with Crippen molar-refractivity contribution in [2.24, 2.45) is 0 Å². The van der Waals surface area contributed by atoms with E-state index in [1.807, 2.05) is 0 Å². The Kier molecular flexibility index (Phi) is 4.26. The van der Waals surface area contributed by atoms with Gasteiger partial charge in [-0.15, -0.1) is 0 Å². The zero-order chi connectivity index (χ0) is 8.85. The highest BCUT2D eigenvalue weighted by molar-refractivity contribution is 5.67. The van der Waals surface area contributed by atoms with E-state index in [1.54, 1.807) is 0 Å². The second-order valence-electron chi connectivity index (χ2n) is 1.95. The third-order valence-electron chi connectivity index (χ3n) is 0.768. The third-order valence-corrected chi connectivity index (χ3v) is 0.768. The molecule has 0 saturated carbocycles. The molecular weight excluding hydrogens is 148 g/mol. The maximum atomic E-state index is 10.3. The maximum absolute atomic E-state index is 10.3. The molecule has 4 nitrogen and oxygen atoms in total. The molecule has 0 aliphatic carbocycles. The molecule has 0 spiro atoms. The first-order valence-corrected chi connectivity index (χ1v) is 3.08. The SMILES string of the molecule is [CH][C@@H](COC(C)=O)OC(C)=O. The first-order chi connectivity index (χ1) is 5.02. The lowest BCUT2D eigenvalue weighted by molar-refractivity contribution is -0.153. The molecule has 0 aliphatic rings. The summed E-state index contributed by atoms with van der Waals surface area (Å²) in [5.74, 6) is -0.947. The van der Waals surface area contributed by atoms with Crippen LogP contribution in [0.25, 0.3) is 0 Å². The minimum atomic E-state index is -0.864. The van der Waals surface area contributed by atoms with Crippen molar-refractivity contribution in [3.05, 3.63) is 6.92 Å². The molecule has 0 heterocycles. The fraction of sp³-hybridized carbons (Fsp3) is 0.571. The van der Waals surface area contributed by atoms with Crippen molar-refractivity contribution in [1.82, 2.24) is 0 Å². The van der Waals surface area contributed by atoms with Crippen LogP contribution in [0.3, 0.4) is 0 Å². The Morgan fingerprint density at radius 1 is 1.36 bits per heavy atom. The van der Waals surface area contributed by atoms with E-state index in [1.165, 1.54) is 13.8 Å². The van der Waals surface area contributed by atoms with Gasteiger partial charge in [-0.3, -0.25) is 9.59 Å². The molecule has 1 atom stereocenters. The van der Waals surface area contributed by atoms with Crippen molar-refractivity contribution in [2.45, 2.75) is 20.0 Å². The molecule has 4 heteroatoms. The standard InChI is InChI=1S/C7H10O4/c1-5(11-7(3)9)4-10-6(2)8/h1,5H,4H2,2-3H3/t5-/m0/s1. The number of esters is 2. The quantitative estimate of drug-likeness (QED) is 0.550. The topological polar surface area (TPSA) is 52.6 Å². The predicted octanol–water partition coefficient (Wildman–Crippen LogP) is 0.192. The molecule has 11 heavy (non-hydrogen) atoms. The van der Waals surface area contributed by atoms with Gasteiger partial charge >= 0.3 is 11.9 Å². The van der Waals surface area contributed by atoms with Crippen LogP contribution < -0.4 is 0 Å². The monoisotopic (exact) mass is 158 g/mol. The molecule has 0 rings (SSSR count). The lowest BCUT2D eigenvalue weighted by atomic mass is 10.4. The zero-order valence-corrected chi connectivity index (χ0v) is 6.49. The van der Waals surface area contributed by atoms with Crippen molar-refractivity contribution in [3.8, 4) is 0 Å². The number of carbonyl (C=O) groups excluding carboxylic acids is 2. The van der Waals surface area contributed by atoms with Gasteiger partial charge in [0.2, 0.25) is 0 Å². The van der Waals surface area contributed by atoms with Crippen molar-refractivity contribution in [3.63, 3.8) is 0 Å². The summed E-state index contributed by atoms with van der Waals surface area (Å²) in [4.78, 5) is 20.5. The van der Waals surface area contributed by atoms with Crippen LogP contribution in [0.5, 0.6) is 0 Å². The molecule has 0 aromatic rings. The largest absolute Gasteiger partial charge is 0.462 e. The molecule has 0 aromatic carbocycles. The summed E-state index contributed by atoms with van der Waals surface area (Å²) in [7, 11) is 0. The molecule has 0 N–H and O–H groups in total. The molecule has 0 aliphatic heterocycles. The summed E-state index contributed by atoms with van der Waals surface area (Å²) in [5, 5.41) is 0. The van der Waals surface area contributed by atoms with Gasteiger partial charge in [-0.05, 0) is 0 Å². The van der Waals surface area contributed by atoms with Gasteiger partial charge in [0.1, 0.15) is 12.7 Å². The molecule has 2 radical (unpaired) electrons. The highest BCUT2D eigenvalue weighted by atomic mass is 16.6. The first-order valence-electron chi connectivity index (χ1n) is 3.08. The Morgan fingerprint density at radius 2 is 1.91 bits per heavy atom. The Morgan fingerprint density at radius 3 is 2.27 bits per heavy atom. The summed E-state index contributed by atoms with van der Waals surface area (Å²) in [6.07, 6.45) is -0.864. The van der Waals surface area contributed by atoms with Crippen LogP contribution in [-0.2, 0) is 19.1 Å². The van der Waals surface area contributed by atoms with Crippen LogP contribution in [0.1, 0.15) is 13.8 Å². The zero-order valence-electron chi connectivity index (χ0n) is 6.49. The number of carbonyl (C=O) groups is 2. The van der Waals surface area contributed by atoms with E-state index in [2.05, 4.69) is 9.47 Å². The Labute approximate surface area is 65.5 Å². The molecule has 0 unspecified atom stereocenters. The normalized spacial score (nSPS) is 11.9. The second-order valence-corrected chi connectivity index (χ2v) is 1.95. The Bertz CT molecular complexity index is 153. The Hall–Kier alpha value is -1.06. The van der Waals surface area contributed by atoms with Gasteiger partial charge in [0.15, 0.2) is 0 Å². The molecule has 62 valence electrons. The van der Waals surface area contributed by atoms with Gasteiger partial charge in [-0.2, -0.15) is 0 Å². The predicted molar refractivity (Wildman–Crippen MR) is 36.5 cm³/mol. The molecule has 0 aromatic heterocycles. The van der Waals surface area contributed by atoms with E-state index in [-0.39, 0.29) is 6.61 Å². The fourth-order valence-corrected chi connectivity index (χ4v) is 0.447. The van der Waals surface area contributed by atoms with Crippen molar-refractivity contribution < 1.29 is 19.1 Å². The van der Waals surface area contributed by atoms with Crippen molar-refractivity contribution in [2.75, 3.05) is 6.61 Å². The van der Waals surface area contributed by atoms with E-state index in [9.17, 15) is 9.59 Å². The van der Waals surface area contributed by atoms with Crippen molar-refractivity contribution >= 4 is 11.9 Å². The smallest absolute Gasteiger partial charge is 0.303 e. The van der Waals surface area contributed by atoms with Gasteiger partial charge in [0, 0.05) is 20.8 Å². The fourth-order valence-electron chi connectivity index (χ4n) is 0.447. The molecule has 0 fully saturated rings. The van der Waals surface area contributed by atoms with E-state index in [4.69, 9.17) is 6.92 Å². The molecule has 0 bridgehead atoms. The Balaban J connectivity index is 3.44. The van der Waals surface area contributed by atoms with Crippen LogP contribution in [0.2, 0.25) is 0 Å². The first kappa shape index (κ1) is 9.94. The van der Waals surface area contributed by atoms with E-state index < -0.39 is 18.0 Å². The van der Waals surface area contributed by atoms with Gasteiger partial charge < -0.3 is 9.47 Å². The van der Waals surface area contributed by atoms with Crippen LogP contribution >= 0.6 is 0 Å². The lowest BCUT2D eigenvalue weighted by Crippen LogP contribution is -2.20. The van der Waals surface area contributed by atoms with E-state index >= 15 is 0 Å². The summed E-state index contributed by atoms with van der Waals surface area (Å²) in [6, 6.07) is 0. The number of ether oxygens (including phenoxy) is 2. The average molecular weight is 158 g/mol. The maximum Gasteiger partial charge on any atom is 0.303 e. The van der Waals surface area contributed by atoms with Gasteiger partial charge in [-0.1, -0.05) is 0 Å². The highest BCUT2D eigenvalue weighted by Gasteiger charge is 2.06. The highest BCUT2D eigenvalue weighted by Crippen LogP contribution is 1.91. The minimum absolute atomic E-state index is 0.102. The van der Waals surface area contributed by atoms with Gasteiger partial charge in [0.05, 0.1) is 0 Å². The van der Waals surface area contributed by atoms with Crippen LogP contribution in [0.15, 0.2) is 0 Å². The van der Waals surface area contributed by atoms with Gasteiger partial charge in [-0.25, -0.2) is 0 Å². The van der Waals surface area contributed by atoms with Crippen LogP contribution in [0, 0.1) is 6.92 Å². The van der Waals surface area contributed by atoms with Crippen molar-refractivity contribution in [1.29, 1.82) is 0 Å². The average Bonchev–Trinajstić information content (AvgIpc) is 1.82. The third kappa shape index (κ3) is 6.83. The lowest BCUT2D eigenvalue weighted by Gasteiger charge is -2.10. The summed E-state index contributed by atoms with van der Waals surface area (Å²) < 4.78 is 8.93. The summed E-state index contributed by atoms with van der Waals surface area (Å²) >= 11 is 0. The second kappa shape index (κ2) is 4.71.